The molecule has 8 nitrogen and oxygen atoms in total. The average Bonchev–Trinajstić information content (AvgIpc) is 3.16. The molecule has 1 aromatic carbocycles. The number of furan rings is 1. The van der Waals surface area contributed by atoms with Gasteiger partial charge in [-0.15, -0.1) is 0 Å². The Balaban J connectivity index is 1.81. The zero-order chi connectivity index (χ0) is 19.7. The second kappa shape index (κ2) is 9.89. The SMILES string of the molecule is O=C(O)CCCCCNC(=O)c1ccc(S(=O)(=O)NCc2ccco2)cc1. The summed E-state index contributed by atoms with van der Waals surface area (Å²) in [5.74, 6) is -0.633. The van der Waals surface area contributed by atoms with E-state index in [-0.39, 0.29) is 23.8 Å². The monoisotopic (exact) mass is 394 g/mol. The molecular weight excluding hydrogens is 372 g/mol. The second-order valence-electron chi connectivity index (χ2n) is 5.89. The maximum absolute atomic E-state index is 12.2. The van der Waals surface area contributed by atoms with Crippen molar-refractivity contribution in [3.63, 3.8) is 0 Å². The summed E-state index contributed by atoms with van der Waals surface area (Å²) in [7, 11) is -3.70. The predicted molar refractivity (Wildman–Crippen MR) is 97.6 cm³/mol. The van der Waals surface area contributed by atoms with Crippen LogP contribution >= 0.6 is 0 Å². The van der Waals surface area contributed by atoms with Crippen LogP contribution in [0.4, 0.5) is 0 Å². The zero-order valence-electron chi connectivity index (χ0n) is 14.7. The van der Waals surface area contributed by atoms with E-state index >= 15 is 0 Å². The van der Waals surface area contributed by atoms with Gasteiger partial charge in [0.15, 0.2) is 0 Å². The first-order valence-corrected chi connectivity index (χ1v) is 9.99. The third-order valence-corrected chi connectivity index (χ3v) is 5.21. The number of amides is 1. The van der Waals surface area contributed by atoms with Crippen molar-refractivity contribution in [2.45, 2.75) is 37.1 Å². The summed E-state index contributed by atoms with van der Waals surface area (Å²) in [6.45, 7) is 0.475. The molecule has 0 aliphatic rings. The van der Waals surface area contributed by atoms with Crippen LogP contribution in [0.5, 0.6) is 0 Å². The molecule has 1 heterocycles. The van der Waals surface area contributed by atoms with Gasteiger partial charge in [0.05, 0.1) is 17.7 Å². The van der Waals surface area contributed by atoms with Crippen LogP contribution in [-0.2, 0) is 21.4 Å². The smallest absolute Gasteiger partial charge is 0.303 e. The standard InChI is InChI=1S/C18H22N2O6S/c21-17(22)6-2-1-3-11-19-18(23)14-7-9-16(10-8-14)27(24,25)20-13-15-5-4-12-26-15/h4-5,7-10,12,20H,1-3,6,11,13H2,(H,19,23)(H,21,22). The molecule has 0 unspecified atom stereocenters. The Kier molecular flexibility index (Phi) is 7.56. The quantitative estimate of drug-likeness (QED) is 0.501. The summed E-state index contributed by atoms with van der Waals surface area (Å²) in [6.07, 6.45) is 3.55. The van der Waals surface area contributed by atoms with Crippen molar-refractivity contribution in [1.29, 1.82) is 0 Å². The molecule has 0 atom stereocenters. The van der Waals surface area contributed by atoms with Crippen LogP contribution in [0.1, 0.15) is 41.8 Å². The maximum atomic E-state index is 12.2. The van der Waals surface area contributed by atoms with E-state index in [1.54, 1.807) is 12.1 Å². The first kappa shape index (κ1) is 20.7. The van der Waals surface area contributed by atoms with Gasteiger partial charge in [0.2, 0.25) is 10.0 Å². The van der Waals surface area contributed by atoms with Crippen LogP contribution in [0.15, 0.2) is 52.0 Å². The topological polar surface area (TPSA) is 126 Å². The number of benzene rings is 1. The minimum atomic E-state index is -3.70. The van der Waals surface area contributed by atoms with Gasteiger partial charge in [0, 0.05) is 18.5 Å². The number of carbonyl (C=O) groups is 2. The number of nitrogens with one attached hydrogen (secondary N) is 2. The van der Waals surface area contributed by atoms with E-state index in [4.69, 9.17) is 9.52 Å². The fourth-order valence-corrected chi connectivity index (χ4v) is 3.32. The molecule has 3 N–H and O–H groups in total. The van der Waals surface area contributed by atoms with Crippen LogP contribution in [0.25, 0.3) is 0 Å². The zero-order valence-corrected chi connectivity index (χ0v) is 15.5. The molecule has 0 aliphatic heterocycles. The Bertz CT molecular complexity index is 844. The molecule has 0 saturated heterocycles. The maximum Gasteiger partial charge on any atom is 0.303 e. The van der Waals surface area contributed by atoms with Gasteiger partial charge in [-0.2, -0.15) is 0 Å². The number of carboxylic acids is 1. The third kappa shape index (κ3) is 6.87. The largest absolute Gasteiger partial charge is 0.481 e. The summed E-state index contributed by atoms with van der Waals surface area (Å²) in [4.78, 5) is 22.5. The molecule has 27 heavy (non-hydrogen) atoms. The van der Waals surface area contributed by atoms with E-state index in [0.29, 0.717) is 37.1 Å². The molecule has 0 aliphatic carbocycles. The number of aliphatic carboxylic acids is 1. The minimum Gasteiger partial charge on any atom is -0.481 e. The van der Waals surface area contributed by atoms with E-state index in [0.717, 1.165) is 0 Å². The number of hydrogen-bond acceptors (Lipinski definition) is 5. The Morgan fingerprint density at radius 1 is 1.04 bits per heavy atom. The second-order valence-corrected chi connectivity index (χ2v) is 7.66. The summed E-state index contributed by atoms with van der Waals surface area (Å²) in [5, 5.41) is 11.3. The van der Waals surface area contributed by atoms with Crippen molar-refractivity contribution >= 4 is 21.9 Å². The molecule has 0 spiro atoms. The summed E-state index contributed by atoms with van der Waals surface area (Å²) in [6, 6.07) is 8.96. The van der Waals surface area contributed by atoms with E-state index in [9.17, 15) is 18.0 Å². The number of carbonyl (C=O) groups excluding carboxylic acids is 1. The van der Waals surface area contributed by atoms with Crippen molar-refractivity contribution in [3.05, 3.63) is 54.0 Å². The van der Waals surface area contributed by atoms with Gasteiger partial charge in [-0.25, -0.2) is 13.1 Å². The molecule has 2 aromatic rings. The lowest BCUT2D eigenvalue weighted by atomic mass is 10.2. The molecule has 9 heteroatoms. The summed E-state index contributed by atoms with van der Waals surface area (Å²) in [5.41, 5.74) is 0.352. The number of carboxylic acid groups (broad SMARTS) is 1. The molecule has 0 radical (unpaired) electrons. The van der Waals surface area contributed by atoms with Gasteiger partial charge >= 0.3 is 5.97 Å². The fourth-order valence-electron chi connectivity index (χ4n) is 2.33. The lowest BCUT2D eigenvalue weighted by Gasteiger charge is -2.08. The van der Waals surface area contributed by atoms with Crippen molar-refractivity contribution in [2.24, 2.45) is 0 Å². The molecule has 0 saturated carbocycles. The van der Waals surface area contributed by atoms with Crippen LogP contribution in [0, 0.1) is 0 Å². The first-order valence-electron chi connectivity index (χ1n) is 8.50. The number of rotatable bonds is 11. The van der Waals surface area contributed by atoms with Crippen molar-refractivity contribution in [2.75, 3.05) is 6.54 Å². The Labute approximate surface area is 157 Å². The molecule has 1 amide bonds. The highest BCUT2D eigenvalue weighted by Crippen LogP contribution is 2.12. The van der Waals surface area contributed by atoms with Crippen molar-refractivity contribution < 1.29 is 27.5 Å². The molecule has 146 valence electrons. The Morgan fingerprint density at radius 3 is 2.41 bits per heavy atom. The van der Waals surface area contributed by atoms with Crippen molar-refractivity contribution in [1.82, 2.24) is 10.0 Å². The van der Waals surface area contributed by atoms with Crippen LogP contribution in [0.2, 0.25) is 0 Å². The number of sulfonamides is 1. The van der Waals surface area contributed by atoms with E-state index in [1.807, 2.05) is 0 Å². The lowest BCUT2D eigenvalue weighted by molar-refractivity contribution is -0.137. The highest BCUT2D eigenvalue weighted by molar-refractivity contribution is 7.89. The van der Waals surface area contributed by atoms with Gasteiger partial charge in [0.1, 0.15) is 5.76 Å². The van der Waals surface area contributed by atoms with Gasteiger partial charge in [-0.1, -0.05) is 6.42 Å². The highest BCUT2D eigenvalue weighted by Gasteiger charge is 2.15. The van der Waals surface area contributed by atoms with E-state index in [1.165, 1.54) is 30.5 Å². The molecule has 0 bridgehead atoms. The minimum absolute atomic E-state index is 0.0411. The van der Waals surface area contributed by atoms with E-state index in [2.05, 4.69) is 10.0 Å². The highest BCUT2D eigenvalue weighted by atomic mass is 32.2. The Morgan fingerprint density at radius 2 is 1.78 bits per heavy atom. The first-order chi connectivity index (χ1) is 12.9. The number of unbranched alkanes of at least 4 members (excludes halogenated alkanes) is 2. The number of hydrogen-bond donors (Lipinski definition) is 3. The van der Waals surface area contributed by atoms with Crippen LogP contribution < -0.4 is 10.0 Å². The van der Waals surface area contributed by atoms with Crippen LogP contribution in [0.3, 0.4) is 0 Å². The lowest BCUT2D eigenvalue weighted by Crippen LogP contribution is -2.25. The molecule has 2 rings (SSSR count). The molecular formula is C18H22N2O6S. The predicted octanol–water partition coefficient (Wildman–Crippen LogP) is 2.13. The summed E-state index contributed by atoms with van der Waals surface area (Å²) < 4.78 is 32.0. The molecule has 1 aromatic heterocycles. The average molecular weight is 394 g/mol. The van der Waals surface area contributed by atoms with E-state index < -0.39 is 16.0 Å². The normalized spacial score (nSPS) is 11.3. The fraction of sp³-hybridized carbons (Fsp3) is 0.333. The van der Waals surface area contributed by atoms with Gasteiger partial charge in [0.25, 0.3) is 5.91 Å². The van der Waals surface area contributed by atoms with Gasteiger partial charge in [-0.3, -0.25) is 9.59 Å². The third-order valence-electron chi connectivity index (χ3n) is 3.80. The van der Waals surface area contributed by atoms with Gasteiger partial charge < -0.3 is 14.8 Å². The van der Waals surface area contributed by atoms with Crippen molar-refractivity contribution in [3.8, 4) is 0 Å². The Hall–Kier alpha value is -2.65. The van der Waals surface area contributed by atoms with Gasteiger partial charge in [-0.05, 0) is 49.2 Å². The molecule has 0 fully saturated rings. The van der Waals surface area contributed by atoms with Crippen LogP contribution in [-0.4, -0.2) is 31.9 Å². The summed E-state index contributed by atoms with van der Waals surface area (Å²) >= 11 is 0.